The molecule has 0 fully saturated rings. The number of benzene rings is 6. The summed E-state index contributed by atoms with van der Waals surface area (Å²) < 4.78 is 9.94. The van der Waals surface area contributed by atoms with E-state index in [-0.39, 0.29) is 0 Å². The van der Waals surface area contributed by atoms with Crippen LogP contribution in [0, 0.1) is 0 Å². The Morgan fingerprint density at radius 3 is 0.882 bits per heavy atom. The normalized spacial score (nSPS) is 11.8. The van der Waals surface area contributed by atoms with Gasteiger partial charge < -0.3 is 8.98 Å². The van der Waals surface area contributed by atoms with Gasteiger partial charge in [0.2, 0.25) is 0 Å². The monoisotopic (exact) mass is 853 g/mol. The molecule has 0 atom stereocenters. The third-order valence-corrected chi connectivity index (χ3v) is 18.5. The predicted molar refractivity (Wildman–Crippen MR) is 374 cm³/mol. The third kappa shape index (κ3) is 6.40. The molecule has 0 spiro atoms. The van der Waals surface area contributed by atoms with Crippen LogP contribution in [0.25, 0.3) is 83.6 Å². The fourth-order valence-electron chi connectivity index (χ4n) is 12.3. The minimum atomic E-state index is 0.679. The van der Waals surface area contributed by atoms with Crippen molar-refractivity contribution in [3.05, 3.63) is 0 Å². The Morgan fingerprint density at radius 2 is 0.500 bits per heavy atom. The van der Waals surface area contributed by atoms with Crippen LogP contribution < -0.4 is 131 Å². The highest BCUT2D eigenvalue weighted by molar-refractivity contribution is 6.74. The second-order valence-corrected chi connectivity index (χ2v) is 21.1. The third-order valence-electron chi connectivity index (χ3n) is 18.5. The molecule has 68 heavy (non-hydrogen) atoms. The molecule has 0 radical (unpaired) electrons. The van der Waals surface area contributed by atoms with Crippen molar-refractivity contribution in [1.29, 1.82) is 0 Å². The fraction of sp³-hybridized carbons (Fsp3) is 0. The van der Waals surface area contributed by atoms with Crippen LogP contribution in [0.2, 0.25) is 0 Å². The minimum Gasteiger partial charge on any atom is -0.457 e. The Kier molecular flexibility index (Phi) is 11.8. The van der Waals surface area contributed by atoms with E-state index >= 15 is 0 Å². The van der Waals surface area contributed by atoms with Crippen molar-refractivity contribution >= 4 is 363 Å². The van der Waals surface area contributed by atoms with E-state index in [2.05, 4.69) is 193 Å². The first-order valence-electron chi connectivity index (χ1n) is 24.7. The Bertz CT molecular complexity index is 3640. The topological polar surface area (TPSA) is 56.7 Å². The van der Waals surface area contributed by atoms with Crippen LogP contribution >= 0.6 is 0 Å². The SMILES string of the molecule is Bc1c(B)c(B)c(-c2nc(-c3c(B)c(B)c(B)c(B)c3B)nc(-c3c(B)c(B)c4c(oc5c(B)c(B)c(-n6c7c(B)c(B)c(B)c(B)c7c7c(B)c(B)c(B)c(B)c76)c(B)c54)c3B)n2)c(B)c1B. The maximum Gasteiger partial charge on any atom is 0.163 e. The first-order valence-corrected chi connectivity index (χ1v) is 24.7. The van der Waals surface area contributed by atoms with Gasteiger partial charge in [0.05, 0.1) is 0 Å². The Morgan fingerprint density at radius 1 is 0.235 bits per heavy atom. The van der Waals surface area contributed by atoms with E-state index < -0.39 is 0 Å². The number of nitrogens with zero attached hydrogens (tertiary/aromatic N) is 4. The summed E-state index contributed by atoms with van der Waals surface area (Å²) in [5.41, 5.74) is 39.4. The van der Waals surface area contributed by atoms with Gasteiger partial charge >= 0.3 is 0 Å². The van der Waals surface area contributed by atoms with Gasteiger partial charge in [-0.3, -0.25) is 0 Å². The van der Waals surface area contributed by atoms with Gasteiger partial charge in [0.25, 0.3) is 0 Å². The van der Waals surface area contributed by atoms with Crippen LogP contribution in [0.1, 0.15) is 0 Å². The maximum absolute atomic E-state index is 7.29. The van der Waals surface area contributed by atoms with E-state index in [0.29, 0.717) is 17.5 Å². The van der Waals surface area contributed by atoms with E-state index in [0.717, 1.165) is 44.2 Å². The Hall–Kier alpha value is -4.51. The fourth-order valence-corrected chi connectivity index (χ4v) is 12.3. The number of furan rings is 1. The van der Waals surface area contributed by atoms with Crippen molar-refractivity contribution in [2.24, 2.45) is 0 Å². The van der Waals surface area contributed by atoms with Crippen LogP contribution in [0.4, 0.5) is 0 Å². The molecule has 0 bridgehead atoms. The molecular weight excluding hydrogens is 800 g/mol. The van der Waals surface area contributed by atoms with Crippen LogP contribution in [-0.2, 0) is 0 Å². The van der Waals surface area contributed by atoms with Crippen molar-refractivity contribution in [1.82, 2.24) is 19.5 Å². The molecule has 0 amide bonds. The highest BCUT2D eigenvalue weighted by Crippen LogP contribution is 2.30. The molecule has 0 aliphatic heterocycles. The number of aromatic nitrogens is 4. The predicted octanol–water partition coefficient (Wildman–Crippen LogP) is -31.9. The van der Waals surface area contributed by atoms with Crippen molar-refractivity contribution < 1.29 is 4.42 Å². The average molecular weight is 848 g/mol. The van der Waals surface area contributed by atoms with Crippen molar-refractivity contribution in [3.63, 3.8) is 0 Å². The molecule has 0 N–H and O–H groups in total. The average Bonchev–Trinajstić information content (AvgIpc) is 3.89. The summed E-state index contributed by atoms with van der Waals surface area (Å²) in [5, 5.41) is 5.11. The van der Waals surface area contributed by atoms with Gasteiger partial charge in [-0.15, -0.1) is 43.7 Å². The lowest BCUT2D eigenvalue weighted by atomic mass is 9.60. The number of hydrogen-bond donors (Lipinski definition) is 0. The lowest BCUT2D eigenvalue weighted by molar-refractivity contribution is 0.674. The second-order valence-electron chi connectivity index (χ2n) is 21.1. The molecular formula is C39H48B24N4O. The molecule has 0 saturated carbocycles. The molecule has 9 rings (SSSR count). The number of fused-ring (bicyclic) bond motifs is 6. The largest absolute Gasteiger partial charge is 0.457 e. The van der Waals surface area contributed by atoms with Gasteiger partial charge in [-0.05, 0) is 16.2 Å². The molecule has 9 aromatic rings. The van der Waals surface area contributed by atoms with E-state index in [1.807, 2.05) is 0 Å². The zero-order valence-corrected chi connectivity index (χ0v) is 45.7. The lowest BCUT2D eigenvalue weighted by Gasteiger charge is -2.23. The summed E-state index contributed by atoms with van der Waals surface area (Å²) in [5.74, 6) is 2.11. The quantitative estimate of drug-likeness (QED) is 0.166. The summed E-state index contributed by atoms with van der Waals surface area (Å²) in [6, 6.07) is 0. The molecule has 3 heterocycles. The first kappa shape index (κ1) is 48.5. The van der Waals surface area contributed by atoms with E-state index in [9.17, 15) is 0 Å². The summed E-state index contributed by atoms with van der Waals surface area (Å²) >= 11 is 0. The molecule has 5 nitrogen and oxygen atoms in total. The van der Waals surface area contributed by atoms with Crippen LogP contribution in [-0.4, -0.2) is 208 Å². The lowest BCUT2D eigenvalue weighted by Crippen LogP contribution is -2.55. The van der Waals surface area contributed by atoms with E-state index in [1.165, 1.54) is 153 Å². The Balaban J connectivity index is 1.42. The van der Waals surface area contributed by atoms with Gasteiger partial charge in [-0.1, -0.05) is 81.9 Å². The molecule has 29 heteroatoms. The summed E-state index contributed by atoms with van der Waals surface area (Å²) in [4.78, 5) is 16.5. The van der Waals surface area contributed by atoms with Gasteiger partial charge in [0.15, 0.2) is 17.5 Å². The zero-order chi connectivity index (χ0) is 49.9. The van der Waals surface area contributed by atoms with Gasteiger partial charge in [0.1, 0.15) is 199 Å². The Labute approximate surface area is 424 Å². The smallest absolute Gasteiger partial charge is 0.163 e. The van der Waals surface area contributed by atoms with Crippen molar-refractivity contribution in [2.45, 2.75) is 0 Å². The van der Waals surface area contributed by atoms with E-state index in [4.69, 9.17) is 19.4 Å². The molecule has 0 aliphatic carbocycles. The number of rotatable bonds is 4. The van der Waals surface area contributed by atoms with Crippen LogP contribution in [0.15, 0.2) is 4.42 Å². The highest BCUT2D eigenvalue weighted by atomic mass is 16.3. The first-order chi connectivity index (χ1) is 31.8. The number of hydrogen-bond acceptors (Lipinski definition) is 4. The van der Waals surface area contributed by atoms with Gasteiger partial charge in [0, 0.05) is 44.2 Å². The van der Waals surface area contributed by atoms with Gasteiger partial charge in [-0.25, -0.2) is 15.0 Å². The zero-order valence-electron chi connectivity index (χ0n) is 45.7. The van der Waals surface area contributed by atoms with Gasteiger partial charge in [-0.2, -0.15) is 0 Å². The molecule has 0 saturated heterocycles. The maximum atomic E-state index is 7.29. The molecule has 0 aliphatic rings. The summed E-state index contributed by atoms with van der Waals surface area (Å²) in [7, 11) is 54.4. The van der Waals surface area contributed by atoms with Crippen molar-refractivity contribution in [2.75, 3.05) is 0 Å². The second kappa shape index (κ2) is 16.5. The summed E-state index contributed by atoms with van der Waals surface area (Å²) in [6.07, 6.45) is 0. The molecule has 302 valence electrons. The van der Waals surface area contributed by atoms with Crippen LogP contribution in [0.5, 0.6) is 0 Å². The minimum absolute atomic E-state index is 0.679. The van der Waals surface area contributed by atoms with E-state index in [1.54, 1.807) is 0 Å². The molecule has 3 aromatic heterocycles. The standard InChI is InChI=1S/C39H48B24N4O/c40-8-1-2-9(41)19(51)27(59)29(61)33(2)67(32(1)28(60)26(58)18(8)50)34-16(48)4-3-10(42)11(43)7(17(49)35(3)68-36(4)31(63)30(34)62)39-65-37(5-12(44)20(52)24(56)21(53)13(5)45)64-38(66-39)6-14(46)22(54)25(57)23(55)15(6)47/h40-63H2. The van der Waals surface area contributed by atoms with Crippen LogP contribution in [0.3, 0.4) is 0 Å². The molecule has 6 aromatic carbocycles. The summed E-state index contributed by atoms with van der Waals surface area (Å²) in [6.45, 7) is 0. The van der Waals surface area contributed by atoms with Crippen molar-refractivity contribution in [3.8, 4) is 39.9 Å². The molecule has 0 unspecified atom stereocenters. The highest BCUT2D eigenvalue weighted by Gasteiger charge is 2.30.